The molecule has 3 aromatic rings. The predicted molar refractivity (Wildman–Crippen MR) is 123 cm³/mol. The third-order valence-electron chi connectivity index (χ3n) is 5.30. The van der Waals surface area contributed by atoms with E-state index in [1.165, 1.54) is 11.8 Å². The lowest BCUT2D eigenvalue weighted by molar-refractivity contribution is -0.115. The summed E-state index contributed by atoms with van der Waals surface area (Å²) in [6.07, 6.45) is 3.92. The van der Waals surface area contributed by atoms with Crippen LogP contribution in [0.3, 0.4) is 0 Å². The maximum absolute atomic E-state index is 13.0. The number of thioether (sulfide) groups is 1. The number of benzene rings is 1. The van der Waals surface area contributed by atoms with Gasteiger partial charge >= 0.3 is 0 Å². The summed E-state index contributed by atoms with van der Waals surface area (Å²) >= 11 is 1.36. The average molecular weight is 458 g/mol. The van der Waals surface area contributed by atoms with E-state index in [2.05, 4.69) is 20.4 Å². The van der Waals surface area contributed by atoms with E-state index in [1.807, 2.05) is 23.6 Å². The number of carbonyl (C=O) groups is 1. The molecule has 0 radical (unpaired) electrons. The highest BCUT2D eigenvalue weighted by atomic mass is 32.2. The molecule has 2 aromatic heterocycles. The molecule has 1 amide bonds. The van der Waals surface area contributed by atoms with Gasteiger partial charge in [-0.3, -0.25) is 9.36 Å². The highest BCUT2D eigenvalue weighted by Gasteiger charge is 2.25. The number of anilines is 2. The van der Waals surface area contributed by atoms with Gasteiger partial charge < -0.3 is 24.1 Å². The summed E-state index contributed by atoms with van der Waals surface area (Å²) in [6.45, 7) is 4.25. The van der Waals surface area contributed by atoms with Crippen molar-refractivity contribution in [1.29, 1.82) is 0 Å². The van der Waals surface area contributed by atoms with E-state index in [9.17, 15) is 4.79 Å². The fourth-order valence-corrected chi connectivity index (χ4v) is 4.42. The molecule has 1 saturated heterocycles. The fraction of sp³-hybridized carbons (Fsp3) is 0.409. The molecule has 1 unspecified atom stereocenters. The second-order valence-electron chi connectivity index (χ2n) is 7.46. The zero-order valence-corrected chi connectivity index (χ0v) is 19.2. The monoisotopic (exact) mass is 457 g/mol. The summed E-state index contributed by atoms with van der Waals surface area (Å²) in [4.78, 5) is 15.2. The molecular weight excluding hydrogens is 430 g/mol. The van der Waals surface area contributed by atoms with Gasteiger partial charge in [-0.1, -0.05) is 11.8 Å². The lowest BCUT2D eigenvalue weighted by Crippen LogP contribution is -2.24. The van der Waals surface area contributed by atoms with Crippen LogP contribution in [0.15, 0.2) is 46.2 Å². The average Bonchev–Trinajstić information content (AvgIpc) is 3.57. The molecular formula is C22H27N5O4S. The van der Waals surface area contributed by atoms with Crippen LogP contribution in [-0.2, 0) is 11.3 Å². The number of rotatable bonds is 9. The SMILES string of the molecule is COc1ccc(OC)c(NC(=O)C(C)Sc2nnc(N3CCCC3)n2Cc2ccco2)c1. The van der Waals surface area contributed by atoms with Crippen molar-refractivity contribution in [3.8, 4) is 11.5 Å². The summed E-state index contributed by atoms with van der Waals surface area (Å²) < 4.78 is 18.2. The Balaban J connectivity index is 1.52. The van der Waals surface area contributed by atoms with Crippen LogP contribution in [0.2, 0.25) is 0 Å². The third kappa shape index (κ3) is 4.85. The largest absolute Gasteiger partial charge is 0.497 e. The summed E-state index contributed by atoms with van der Waals surface area (Å²) in [7, 11) is 3.14. The highest BCUT2D eigenvalue weighted by molar-refractivity contribution is 8.00. The topological polar surface area (TPSA) is 94.6 Å². The molecule has 1 aliphatic heterocycles. The van der Waals surface area contributed by atoms with Gasteiger partial charge in [0.2, 0.25) is 11.9 Å². The van der Waals surface area contributed by atoms with Crippen molar-refractivity contribution in [2.45, 2.75) is 36.7 Å². The molecule has 0 bridgehead atoms. The maximum atomic E-state index is 13.0. The number of methoxy groups -OCH3 is 2. The second-order valence-corrected chi connectivity index (χ2v) is 8.77. The Morgan fingerprint density at radius 2 is 2.03 bits per heavy atom. The lowest BCUT2D eigenvalue weighted by Gasteiger charge is -2.18. The molecule has 3 heterocycles. The maximum Gasteiger partial charge on any atom is 0.237 e. The molecule has 0 spiro atoms. The quantitative estimate of drug-likeness (QED) is 0.487. The molecule has 9 nitrogen and oxygen atoms in total. The first-order valence-electron chi connectivity index (χ1n) is 10.5. The van der Waals surface area contributed by atoms with Crippen LogP contribution >= 0.6 is 11.8 Å². The van der Waals surface area contributed by atoms with E-state index in [0.717, 1.165) is 37.6 Å². The number of carbonyl (C=O) groups excluding carboxylic acids is 1. The van der Waals surface area contributed by atoms with Crippen LogP contribution in [0.1, 0.15) is 25.5 Å². The van der Waals surface area contributed by atoms with E-state index in [0.29, 0.717) is 28.9 Å². The Kier molecular flexibility index (Phi) is 6.89. The number of amides is 1. The minimum absolute atomic E-state index is 0.170. The van der Waals surface area contributed by atoms with Crippen molar-refractivity contribution in [2.24, 2.45) is 0 Å². The van der Waals surface area contributed by atoms with Gasteiger partial charge in [0.15, 0.2) is 5.16 Å². The molecule has 1 fully saturated rings. The Bertz CT molecular complexity index is 1050. The summed E-state index contributed by atoms with van der Waals surface area (Å²) in [5.74, 6) is 2.65. The van der Waals surface area contributed by atoms with Crippen LogP contribution in [-0.4, -0.2) is 53.2 Å². The molecule has 10 heteroatoms. The predicted octanol–water partition coefficient (Wildman–Crippen LogP) is 3.66. The summed E-state index contributed by atoms with van der Waals surface area (Å²) in [6, 6.07) is 9.06. The first-order chi connectivity index (χ1) is 15.6. The summed E-state index contributed by atoms with van der Waals surface area (Å²) in [5, 5.41) is 12.0. The minimum Gasteiger partial charge on any atom is -0.497 e. The Morgan fingerprint density at radius 3 is 2.72 bits per heavy atom. The molecule has 1 aromatic carbocycles. The number of aromatic nitrogens is 3. The Morgan fingerprint density at radius 1 is 1.22 bits per heavy atom. The lowest BCUT2D eigenvalue weighted by atomic mass is 10.2. The van der Waals surface area contributed by atoms with E-state index in [-0.39, 0.29) is 5.91 Å². The van der Waals surface area contributed by atoms with Crippen molar-refractivity contribution < 1.29 is 18.7 Å². The number of nitrogens with zero attached hydrogens (tertiary/aromatic N) is 4. The standard InChI is InChI=1S/C22H27N5O4S/c1-15(20(28)23-18-13-16(29-2)8-9-19(18)30-3)32-22-25-24-21(26-10-4-5-11-26)27(22)14-17-7-6-12-31-17/h6-9,12-13,15H,4-5,10-11,14H2,1-3H3,(H,23,28). The van der Waals surface area contributed by atoms with Crippen LogP contribution in [0.4, 0.5) is 11.6 Å². The number of hydrogen-bond acceptors (Lipinski definition) is 8. The molecule has 1 atom stereocenters. The minimum atomic E-state index is -0.420. The Hall–Kier alpha value is -3.14. The fourth-order valence-electron chi connectivity index (χ4n) is 3.57. The van der Waals surface area contributed by atoms with Gasteiger partial charge in [0, 0.05) is 19.2 Å². The van der Waals surface area contributed by atoms with Gasteiger partial charge in [0.1, 0.15) is 17.3 Å². The molecule has 32 heavy (non-hydrogen) atoms. The molecule has 1 aliphatic rings. The number of ether oxygens (including phenoxy) is 2. The van der Waals surface area contributed by atoms with E-state index < -0.39 is 5.25 Å². The second kappa shape index (κ2) is 9.99. The zero-order chi connectivity index (χ0) is 22.5. The number of furan rings is 1. The van der Waals surface area contributed by atoms with Crippen molar-refractivity contribution in [1.82, 2.24) is 14.8 Å². The normalized spacial score (nSPS) is 14.4. The smallest absolute Gasteiger partial charge is 0.237 e. The number of hydrogen-bond donors (Lipinski definition) is 1. The molecule has 0 saturated carbocycles. The molecule has 4 rings (SSSR count). The van der Waals surface area contributed by atoms with E-state index in [4.69, 9.17) is 13.9 Å². The van der Waals surface area contributed by atoms with Gasteiger partial charge in [-0.25, -0.2) is 0 Å². The molecule has 1 N–H and O–H groups in total. The van der Waals surface area contributed by atoms with Gasteiger partial charge in [-0.2, -0.15) is 0 Å². The highest BCUT2D eigenvalue weighted by Crippen LogP contribution is 2.32. The number of nitrogens with one attached hydrogen (secondary N) is 1. The van der Waals surface area contributed by atoms with Crippen LogP contribution in [0.25, 0.3) is 0 Å². The van der Waals surface area contributed by atoms with Gasteiger partial charge in [-0.05, 0) is 44.0 Å². The van der Waals surface area contributed by atoms with Gasteiger partial charge in [-0.15, -0.1) is 10.2 Å². The van der Waals surface area contributed by atoms with Gasteiger partial charge in [0.05, 0.1) is 38.0 Å². The third-order valence-corrected chi connectivity index (χ3v) is 6.38. The van der Waals surface area contributed by atoms with Crippen molar-refractivity contribution in [3.05, 3.63) is 42.4 Å². The first-order valence-corrected chi connectivity index (χ1v) is 11.4. The zero-order valence-electron chi connectivity index (χ0n) is 18.4. The van der Waals surface area contributed by atoms with Crippen molar-refractivity contribution >= 4 is 29.3 Å². The molecule has 170 valence electrons. The Labute approximate surface area is 191 Å². The summed E-state index contributed by atoms with van der Waals surface area (Å²) in [5.41, 5.74) is 0.555. The van der Waals surface area contributed by atoms with Gasteiger partial charge in [0.25, 0.3) is 0 Å². The van der Waals surface area contributed by atoms with Crippen molar-refractivity contribution in [2.75, 3.05) is 37.5 Å². The molecule has 0 aliphatic carbocycles. The van der Waals surface area contributed by atoms with Crippen LogP contribution in [0.5, 0.6) is 11.5 Å². The van der Waals surface area contributed by atoms with E-state index in [1.54, 1.807) is 38.7 Å². The van der Waals surface area contributed by atoms with Crippen LogP contribution in [0, 0.1) is 0 Å². The first kappa shape index (κ1) is 22.1. The van der Waals surface area contributed by atoms with Crippen LogP contribution < -0.4 is 19.7 Å². The van der Waals surface area contributed by atoms with E-state index >= 15 is 0 Å². The van der Waals surface area contributed by atoms with Crippen molar-refractivity contribution in [3.63, 3.8) is 0 Å².